The Kier molecular flexibility index (Phi) is 7.11. The van der Waals surface area contributed by atoms with Gasteiger partial charge in [-0.25, -0.2) is 0 Å². The summed E-state index contributed by atoms with van der Waals surface area (Å²) < 4.78 is 5.86. The van der Waals surface area contributed by atoms with Crippen LogP contribution in [-0.4, -0.2) is 40.9 Å². The SMILES string of the molecule is CC(CN1C(N)=NCC1Cc1ccccc1)N(C#N)Cc1ccc(Oc2ccccc2)cc1. The third-order valence-corrected chi connectivity index (χ3v) is 5.89. The molecule has 0 amide bonds. The van der Waals surface area contributed by atoms with E-state index >= 15 is 0 Å². The van der Waals surface area contributed by atoms with Crippen LogP contribution in [0.4, 0.5) is 0 Å². The Balaban J connectivity index is 1.36. The normalized spacial score (nSPS) is 16.1. The first-order chi connectivity index (χ1) is 16.1. The molecule has 3 aromatic rings. The summed E-state index contributed by atoms with van der Waals surface area (Å²) in [6, 6.07) is 28.1. The number of benzene rings is 3. The third-order valence-electron chi connectivity index (χ3n) is 5.89. The van der Waals surface area contributed by atoms with Gasteiger partial charge in [-0.05, 0) is 48.7 Å². The minimum atomic E-state index is -0.0135. The van der Waals surface area contributed by atoms with E-state index in [2.05, 4.69) is 47.3 Å². The quantitative estimate of drug-likeness (QED) is 0.395. The summed E-state index contributed by atoms with van der Waals surface area (Å²) in [7, 11) is 0. The molecule has 6 heteroatoms. The molecule has 1 heterocycles. The fraction of sp³-hybridized carbons (Fsp3) is 0.259. The summed E-state index contributed by atoms with van der Waals surface area (Å²) >= 11 is 0. The van der Waals surface area contributed by atoms with Gasteiger partial charge in [-0.15, -0.1) is 0 Å². The summed E-state index contributed by atoms with van der Waals surface area (Å²) in [5, 5.41) is 9.82. The van der Waals surface area contributed by atoms with Crippen molar-refractivity contribution in [2.75, 3.05) is 13.1 Å². The number of rotatable bonds is 9. The van der Waals surface area contributed by atoms with Gasteiger partial charge in [-0.3, -0.25) is 4.99 Å². The van der Waals surface area contributed by atoms with Crippen LogP contribution in [0.5, 0.6) is 11.5 Å². The number of nitrogens with two attached hydrogens (primary N) is 1. The van der Waals surface area contributed by atoms with Crippen LogP contribution in [0.2, 0.25) is 0 Å². The number of hydrogen-bond acceptors (Lipinski definition) is 6. The molecule has 0 fully saturated rings. The highest BCUT2D eigenvalue weighted by molar-refractivity contribution is 5.80. The van der Waals surface area contributed by atoms with Crippen molar-refractivity contribution in [1.29, 1.82) is 5.26 Å². The maximum absolute atomic E-state index is 9.82. The van der Waals surface area contributed by atoms with Crippen molar-refractivity contribution in [2.24, 2.45) is 10.7 Å². The van der Waals surface area contributed by atoms with Crippen LogP contribution in [0.25, 0.3) is 0 Å². The summed E-state index contributed by atoms with van der Waals surface area (Å²) in [6.45, 7) is 3.91. The van der Waals surface area contributed by atoms with Gasteiger partial charge in [-0.1, -0.05) is 60.7 Å². The Morgan fingerprint density at radius 2 is 1.64 bits per heavy atom. The molecule has 4 rings (SSSR count). The molecule has 1 aliphatic rings. The molecular formula is C27H29N5O. The van der Waals surface area contributed by atoms with E-state index in [1.807, 2.05) is 60.7 Å². The lowest BCUT2D eigenvalue weighted by Crippen LogP contribution is -2.48. The lowest BCUT2D eigenvalue weighted by atomic mass is 10.0. The smallest absolute Gasteiger partial charge is 0.191 e. The van der Waals surface area contributed by atoms with Crippen LogP contribution < -0.4 is 10.5 Å². The topological polar surface area (TPSA) is 77.9 Å². The minimum absolute atomic E-state index is 0.0135. The van der Waals surface area contributed by atoms with Gasteiger partial charge in [0.25, 0.3) is 0 Å². The van der Waals surface area contributed by atoms with Gasteiger partial charge in [0.1, 0.15) is 11.5 Å². The van der Waals surface area contributed by atoms with Crippen molar-refractivity contribution < 1.29 is 4.74 Å². The largest absolute Gasteiger partial charge is 0.457 e. The minimum Gasteiger partial charge on any atom is -0.457 e. The van der Waals surface area contributed by atoms with E-state index in [1.54, 1.807) is 4.90 Å². The second kappa shape index (κ2) is 10.6. The lowest BCUT2D eigenvalue weighted by molar-refractivity contribution is 0.222. The van der Waals surface area contributed by atoms with Crippen molar-refractivity contribution in [3.05, 3.63) is 96.1 Å². The zero-order chi connectivity index (χ0) is 23.0. The highest BCUT2D eigenvalue weighted by Crippen LogP contribution is 2.22. The standard InChI is InChI=1S/C27H29N5O/c1-21(18-32-24(17-30-27(32)29)16-22-8-4-2-5-9-22)31(20-28)19-23-12-14-26(15-13-23)33-25-10-6-3-7-11-25/h2-15,21,24H,16-19H2,1H3,(H2,29,30). The first kappa shape index (κ1) is 22.2. The van der Waals surface area contributed by atoms with E-state index in [9.17, 15) is 5.26 Å². The van der Waals surface area contributed by atoms with Gasteiger partial charge in [0.05, 0.1) is 25.2 Å². The highest BCUT2D eigenvalue weighted by atomic mass is 16.5. The highest BCUT2D eigenvalue weighted by Gasteiger charge is 2.29. The average Bonchev–Trinajstić information content (AvgIpc) is 3.18. The molecule has 6 nitrogen and oxygen atoms in total. The molecule has 2 atom stereocenters. The van der Waals surface area contributed by atoms with E-state index in [0.29, 0.717) is 25.6 Å². The number of hydrogen-bond donors (Lipinski definition) is 1. The van der Waals surface area contributed by atoms with Crippen molar-refractivity contribution >= 4 is 5.96 Å². The van der Waals surface area contributed by atoms with Crippen molar-refractivity contribution in [1.82, 2.24) is 9.80 Å². The molecule has 0 aromatic heterocycles. The molecule has 168 valence electrons. The molecule has 0 saturated heterocycles. The molecular weight excluding hydrogens is 410 g/mol. The van der Waals surface area contributed by atoms with E-state index in [0.717, 1.165) is 23.5 Å². The molecule has 2 unspecified atom stereocenters. The van der Waals surface area contributed by atoms with E-state index in [-0.39, 0.29) is 12.1 Å². The van der Waals surface area contributed by atoms with Crippen molar-refractivity contribution in [2.45, 2.75) is 32.0 Å². The molecule has 0 saturated carbocycles. The number of guanidine groups is 1. The Morgan fingerprint density at radius 3 is 2.30 bits per heavy atom. The Morgan fingerprint density at radius 1 is 1.00 bits per heavy atom. The van der Waals surface area contributed by atoms with Gasteiger partial charge in [-0.2, -0.15) is 5.26 Å². The molecule has 1 aliphatic heterocycles. The summed E-state index contributed by atoms with van der Waals surface area (Å²) in [5.41, 5.74) is 8.52. The van der Waals surface area contributed by atoms with Crippen LogP contribution >= 0.6 is 0 Å². The molecule has 33 heavy (non-hydrogen) atoms. The van der Waals surface area contributed by atoms with Gasteiger partial charge in [0, 0.05) is 6.54 Å². The van der Waals surface area contributed by atoms with Crippen molar-refractivity contribution in [3.63, 3.8) is 0 Å². The maximum atomic E-state index is 9.82. The fourth-order valence-electron chi connectivity index (χ4n) is 4.04. The van der Waals surface area contributed by atoms with Crippen LogP contribution in [-0.2, 0) is 13.0 Å². The predicted octanol–water partition coefficient (Wildman–Crippen LogP) is 4.39. The Bertz CT molecular complexity index is 1090. The van der Waals surface area contributed by atoms with E-state index in [1.165, 1.54) is 5.56 Å². The molecule has 0 bridgehead atoms. The van der Waals surface area contributed by atoms with E-state index < -0.39 is 0 Å². The van der Waals surface area contributed by atoms with Gasteiger partial charge < -0.3 is 20.3 Å². The average molecular weight is 440 g/mol. The molecule has 2 N–H and O–H groups in total. The van der Waals surface area contributed by atoms with E-state index in [4.69, 9.17) is 10.5 Å². The number of ether oxygens (including phenoxy) is 1. The number of nitriles is 1. The van der Waals surface area contributed by atoms with Gasteiger partial charge in [0.2, 0.25) is 0 Å². The third kappa shape index (κ3) is 5.83. The fourth-order valence-corrected chi connectivity index (χ4v) is 4.04. The molecule has 0 aliphatic carbocycles. The zero-order valence-electron chi connectivity index (χ0n) is 18.8. The summed E-state index contributed by atoms with van der Waals surface area (Å²) in [5.74, 6) is 2.13. The molecule has 0 radical (unpaired) electrons. The van der Waals surface area contributed by atoms with Crippen LogP contribution in [0.3, 0.4) is 0 Å². The number of para-hydroxylation sites is 1. The van der Waals surface area contributed by atoms with Crippen LogP contribution in [0.15, 0.2) is 89.9 Å². The second-order valence-corrected chi connectivity index (χ2v) is 8.33. The number of aliphatic imine (C=N–C) groups is 1. The monoisotopic (exact) mass is 439 g/mol. The Hall–Kier alpha value is -3.98. The van der Waals surface area contributed by atoms with Gasteiger partial charge in [0.15, 0.2) is 12.2 Å². The van der Waals surface area contributed by atoms with Crippen molar-refractivity contribution in [3.8, 4) is 17.7 Å². The predicted molar refractivity (Wildman–Crippen MR) is 131 cm³/mol. The lowest BCUT2D eigenvalue weighted by Gasteiger charge is -2.32. The first-order valence-corrected chi connectivity index (χ1v) is 11.2. The van der Waals surface area contributed by atoms with Crippen LogP contribution in [0, 0.1) is 11.5 Å². The molecule has 0 spiro atoms. The van der Waals surface area contributed by atoms with Gasteiger partial charge >= 0.3 is 0 Å². The molecule has 3 aromatic carbocycles. The maximum Gasteiger partial charge on any atom is 0.191 e. The Labute approximate surface area is 195 Å². The summed E-state index contributed by atoms with van der Waals surface area (Å²) in [6.07, 6.45) is 3.23. The number of nitrogens with zero attached hydrogens (tertiary/aromatic N) is 4. The zero-order valence-corrected chi connectivity index (χ0v) is 18.8. The second-order valence-electron chi connectivity index (χ2n) is 8.33. The first-order valence-electron chi connectivity index (χ1n) is 11.2. The summed E-state index contributed by atoms with van der Waals surface area (Å²) in [4.78, 5) is 8.39. The van der Waals surface area contributed by atoms with Crippen LogP contribution in [0.1, 0.15) is 18.1 Å².